The molecule has 0 atom stereocenters. The van der Waals surface area contributed by atoms with Gasteiger partial charge in [-0.05, 0) is 6.92 Å². The Morgan fingerprint density at radius 2 is 2.45 bits per heavy atom. The molecular formula is C7H6ClN3. The monoisotopic (exact) mass is 167 g/mol. The number of nitriles is 1. The van der Waals surface area contributed by atoms with Crippen molar-refractivity contribution in [3.05, 3.63) is 22.7 Å². The molecule has 0 amide bonds. The quantitative estimate of drug-likeness (QED) is 0.637. The summed E-state index contributed by atoms with van der Waals surface area (Å²) in [7, 11) is 0. The Balaban J connectivity index is 3.05. The van der Waals surface area contributed by atoms with Crippen LogP contribution < -0.4 is 0 Å². The number of nitrogens with zero attached hydrogens (tertiary/aromatic N) is 3. The minimum Gasteiger partial charge on any atom is -0.240 e. The van der Waals surface area contributed by atoms with Crippen molar-refractivity contribution in [1.82, 2.24) is 9.97 Å². The number of halogens is 1. The Hall–Kier alpha value is -1.14. The molecule has 0 fully saturated rings. The summed E-state index contributed by atoms with van der Waals surface area (Å²) in [5.41, 5.74) is 0.599. The third-order valence-corrected chi connectivity index (χ3v) is 1.50. The van der Waals surface area contributed by atoms with E-state index in [-0.39, 0.29) is 6.42 Å². The Kier molecular flexibility index (Phi) is 2.40. The van der Waals surface area contributed by atoms with Crippen LogP contribution in [-0.4, -0.2) is 9.97 Å². The molecule has 0 aromatic carbocycles. The zero-order chi connectivity index (χ0) is 8.27. The average Bonchev–Trinajstić information content (AvgIpc) is 1.98. The van der Waals surface area contributed by atoms with Crippen molar-refractivity contribution in [2.24, 2.45) is 0 Å². The highest BCUT2D eigenvalue weighted by Crippen LogP contribution is 2.11. The summed E-state index contributed by atoms with van der Waals surface area (Å²) in [6.45, 7) is 1.76. The van der Waals surface area contributed by atoms with E-state index in [4.69, 9.17) is 16.9 Å². The minimum atomic E-state index is 0.238. The van der Waals surface area contributed by atoms with Crippen LogP contribution in [0.3, 0.4) is 0 Å². The van der Waals surface area contributed by atoms with Gasteiger partial charge in [0.2, 0.25) is 0 Å². The van der Waals surface area contributed by atoms with Crippen LogP contribution in [-0.2, 0) is 6.42 Å². The van der Waals surface area contributed by atoms with E-state index >= 15 is 0 Å². The first-order chi connectivity index (χ1) is 5.24. The third-order valence-electron chi connectivity index (χ3n) is 1.18. The highest BCUT2D eigenvalue weighted by atomic mass is 35.5. The van der Waals surface area contributed by atoms with Gasteiger partial charge in [-0.25, -0.2) is 9.97 Å². The number of hydrogen-bond donors (Lipinski definition) is 0. The van der Waals surface area contributed by atoms with Gasteiger partial charge in [-0.2, -0.15) is 5.26 Å². The van der Waals surface area contributed by atoms with Gasteiger partial charge in [0.1, 0.15) is 5.82 Å². The Morgan fingerprint density at radius 3 is 3.09 bits per heavy atom. The van der Waals surface area contributed by atoms with Crippen molar-refractivity contribution < 1.29 is 0 Å². The summed E-state index contributed by atoms with van der Waals surface area (Å²) in [6, 6.07) is 1.98. The van der Waals surface area contributed by atoms with Crippen LogP contribution in [0.15, 0.2) is 6.20 Å². The molecule has 0 N–H and O–H groups in total. The predicted molar refractivity (Wildman–Crippen MR) is 41.1 cm³/mol. The van der Waals surface area contributed by atoms with Crippen molar-refractivity contribution >= 4 is 11.6 Å². The van der Waals surface area contributed by atoms with Crippen molar-refractivity contribution in [2.45, 2.75) is 13.3 Å². The highest BCUT2D eigenvalue weighted by Gasteiger charge is 2.01. The fraction of sp³-hybridized carbons (Fsp3) is 0.286. The lowest BCUT2D eigenvalue weighted by atomic mass is 10.3. The van der Waals surface area contributed by atoms with Gasteiger partial charge in [-0.15, -0.1) is 0 Å². The van der Waals surface area contributed by atoms with E-state index in [0.717, 1.165) is 0 Å². The normalized spacial score (nSPS) is 9.18. The molecule has 0 saturated heterocycles. The van der Waals surface area contributed by atoms with Crippen LogP contribution in [0, 0.1) is 18.3 Å². The van der Waals surface area contributed by atoms with Crippen molar-refractivity contribution in [3.63, 3.8) is 0 Å². The van der Waals surface area contributed by atoms with Crippen LogP contribution in [0.1, 0.15) is 11.5 Å². The summed E-state index contributed by atoms with van der Waals surface area (Å²) in [6.07, 6.45) is 1.75. The van der Waals surface area contributed by atoms with E-state index in [0.29, 0.717) is 16.5 Å². The molecule has 1 rings (SSSR count). The van der Waals surface area contributed by atoms with Gasteiger partial charge >= 0.3 is 0 Å². The minimum absolute atomic E-state index is 0.238. The molecule has 56 valence electrons. The summed E-state index contributed by atoms with van der Waals surface area (Å²) >= 11 is 5.70. The lowest BCUT2D eigenvalue weighted by molar-refractivity contribution is 0.984. The Morgan fingerprint density at radius 1 is 1.73 bits per heavy atom. The topological polar surface area (TPSA) is 49.6 Å². The van der Waals surface area contributed by atoms with E-state index in [1.54, 1.807) is 6.92 Å². The van der Waals surface area contributed by atoms with Crippen LogP contribution in [0.4, 0.5) is 0 Å². The largest absolute Gasteiger partial charge is 0.240 e. The summed E-state index contributed by atoms with van der Waals surface area (Å²) < 4.78 is 0. The number of hydrogen-bond acceptors (Lipinski definition) is 3. The molecule has 0 spiro atoms. The number of rotatable bonds is 1. The molecule has 1 aromatic heterocycles. The van der Waals surface area contributed by atoms with Gasteiger partial charge in [0, 0.05) is 6.20 Å². The van der Waals surface area contributed by atoms with E-state index in [2.05, 4.69) is 9.97 Å². The van der Waals surface area contributed by atoms with Gasteiger partial charge in [0.25, 0.3) is 0 Å². The van der Waals surface area contributed by atoms with Crippen LogP contribution >= 0.6 is 11.6 Å². The lowest BCUT2D eigenvalue weighted by Gasteiger charge is -1.97. The SMILES string of the molecule is Cc1ncc(Cl)c(CC#N)n1. The average molecular weight is 168 g/mol. The third kappa shape index (κ3) is 1.89. The second kappa shape index (κ2) is 3.31. The zero-order valence-corrected chi connectivity index (χ0v) is 6.76. The molecule has 0 saturated carbocycles. The van der Waals surface area contributed by atoms with E-state index in [9.17, 15) is 0 Å². The number of aryl methyl sites for hydroxylation is 1. The fourth-order valence-corrected chi connectivity index (χ4v) is 0.859. The smallest absolute Gasteiger partial charge is 0.125 e. The van der Waals surface area contributed by atoms with Crippen LogP contribution in [0.5, 0.6) is 0 Å². The van der Waals surface area contributed by atoms with Gasteiger partial charge in [0.05, 0.1) is 23.2 Å². The molecule has 1 heterocycles. The van der Waals surface area contributed by atoms with Crippen molar-refractivity contribution in [3.8, 4) is 6.07 Å². The molecule has 0 radical (unpaired) electrons. The maximum absolute atomic E-state index is 8.37. The molecule has 0 aliphatic rings. The molecule has 3 nitrogen and oxygen atoms in total. The van der Waals surface area contributed by atoms with Gasteiger partial charge in [-0.3, -0.25) is 0 Å². The first-order valence-electron chi connectivity index (χ1n) is 3.09. The Bertz CT molecular complexity index is 303. The van der Waals surface area contributed by atoms with E-state index in [1.807, 2.05) is 6.07 Å². The number of aromatic nitrogens is 2. The van der Waals surface area contributed by atoms with Crippen molar-refractivity contribution in [2.75, 3.05) is 0 Å². The van der Waals surface area contributed by atoms with Gasteiger partial charge < -0.3 is 0 Å². The maximum atomic E-state index is 8.37. The standard InChI is InChI=1S/C7H6ClN3/c1-5-10-4-6(8)7(11-5)2-3-9/h4H,2H2,1H3. The van der Waals surface area contributed by atoms with Gasteiger partial charge in [0.15, 0.2) is 0 Å². The first-order valence-corrected chi connectivity index (χ1v) is 3.47. The molecule has 0 aliphatic heterocycles. The molecule has 0 aliphatic carbocycles. The summed E-state index contributed by atoms with van der Waals surface area (Å²) in [4.78, 5) is 7.87. The second-order valence-electron chi connectivity index (χ2n) is 2.05. The molecular weight excluding hydrogens is 162 g/mol. The van der Waals surface area contributed by atoms with E-state index in [1.165, 1.54) is 6.20 Å². The molecule has 11 heavy (non-hydrogen) atoms. The molecule has 0 bridgehead atoms. The molecule has 4 heteroatoms. The van der Waals surface area contributed by atoms with Crippen LogP contribution in [0.2, 0.25) is 5.02 Å². The summed E-state index contributed by atoms with van der Waals surface area (Å²) in [5.74, 6) is 0.639. The predicted octanol–water partition coefficient (Wildman–Crippen LogP) is 1.50. The lowest BCUT2D eigenvalue weighted by Crippen LogP contribution is -1.94. The maximum Gasteiger partial charge on any atom is 0.125 e. The highest BCUT2D eigenvalue weighted by molar-refractivity contribution is 6.31. The van der Waals surface area contributed by atoms with E-state index < -0.39 is 0 Å². The van der Waals surface area contributed by atoms with Gasteiger partial charge in [-0.1, -0.05) is 11.6 Å². The second-order valence-corrected chi connectivity index (χ2v) is 2.45. The summed E-state index contributed by atoms with van der Waals surface area (Å²) in [5, 5.41) is 8.82. The van der Waals surface area contributed by atoms with Crippen LogP contribution in [0.25, 0.3) is 0 Å². The zero-order valence-electron chi connectivity index (χ0n) is 6.00. The molecule has 1 aromatic rings. The fourth-order valence-electron chi connectivity index (χ4n) is 0.701. The first kappa shape index (κ1) is 7.96. The Labute approximate surface area is 69.7 Å². The van der Waals surface area contributed by atoms with Crippen molar-refractivity contribution in [1.29, 1.82) is 5.26 Å². The molecule has 0 unspecified atom stereocenters.